The highest BCUT2D eigenvalue weighted by Gasteiger charge is 2.12. The summed E-state index contributed by atoms with van der Waals surface area (Å²) in [6.07, 6.45) is 4.39. The second kappa shape index (κ2) is 3.21. The van der Waals surface area contributed by atoms with Crippen LogP contribution in [0.2, 0.25) is 0 Å². The zero-order valence-corrected chi connectivity index (χ0v) is 8.01. The van der Waals surface area contributed by atoms with Crippen molar-refractivity contribution in [3.63, 3.8) is 0 Å². The van der Waals surface area contributed by atoms with Crippen molar-refractivity contribution in [2.75, 3.05) is 0 Å². The lowest BCUT2D eigenvalue weighted by molar-refractivity contribution is 1.08. The Hall–Kier alpha value is -1.30. The molecule has 0 heteroatoms. The molecule has 0 bridgehead atoms. The van der Waals surface area contributed by atoms with Gasteiger partial charge in [-0.1, -0.05) is 49.4 Å². The molecule has 66 valence electrons. The molecule has 0 fully saturated rings. The molecule has 0 radical (unpaired) electrons. The minimum atomic E-state index is 1.06. The van der Waals surface area contributed by atoms with Gasteiger partial charge in [-0.2, -0.15) is 0 Å². The van der Waals surface area contributed by atoms with E-state index in [-0.39, 0.29) is 0 Å². The standard InChI is InChI=1S/C13H14/c1-3-10(2)13-8-11-6-4-5-7-12(11)9-13/h4-8H,2-3,9H2,1H3. The quantitative estimate of drug-likeness (QED) is 0.636. The lowest BCUT2D eigenvalue weighted by Gasteiger charge is -2.01. The molecule has 0 saturated heterocycles. The maximum atomic E-state index is 4.07. The summed E-state index contributed by atoms with van der Waals surface area (Å²) in [6, 6.07) is 8.56. The third kappa shape index (κ3) is 1.44. The Kier molecular flexibility index (Phi) is 2.05. The topological polar surface area (TPSA) is 0 Å². The van der Waals surface area contributed by atoms with Crippen LogP contribution in [0.15, 0.2) is 42.0 Å². The van der Waals surface area contributed by atoms with Gasteiger partial charge in [0, 0.05) is 0 Å². The Labute approximate surface area is 79.6 Å². The van der Waals surface area contributed by atoms with Gasteiger partial charge in [-0.05, 0) is 29.5 Å². The van der Waals surface area contributed by atoms with E-state index in [9.17, 15) is 0 Å². The van der Waals surface area contributed by atoms with E-state index in [0.29, 0.717) is 0 Å². The van der Waals surface area contributed by atoms with Crippen LogP contribution in [0.1, 0.15) is 24.5 Å². The predicted molar refractivity (Wildman–Crippen MR) is 57.6 cm³/mol. The number of benzene rings is 1. The van der Waals surface area contributed by atoms with Crippen molar-refractivity contribution in [2.45, 2.75) is 19.8 Å². The Morgan fingerprint density at radius 2 is 2.15 bits per heavy atom. The first-order chi connectivity index (χ1) is 6.31. The van der Waals surface area contributed by atoms with Gasteiger partial charge in [-0.3, -0.25) is 0 Å². The van der Waals surface area contributed by atoms with Crippen LogP contribution < -0.4 is 0 Å². The summed E-state index contributed by atoms with van der Waals surface area (Å²) in [6.45, 7) is 6.23. The maximum absolute atomic E-state index is 4.07. The van der Waals surface area contributed by atoms with Crippen LogP contribution in [0.5, 0.6) is 0 Å². The molecular weight excluding hydrogens is 156 g/mol. The summed E-state index contributed by atoms with van der Waals surface area (Å²) in [7, 11) is 0. The smallest absolute Gasteiger partial charge is 0.00171 e. The number of fused-ring (bicyclic) bond motifs is 1. The molecule has 0 heterocycles. The summed E-state index contributed by atoms with van der Waals surface area (Å²) in [5.74, 6) is 0. The first-order valence-corrected chi connectivity index (χ1v) is 4.78. The fourth-order valence-electron chi connectivity index (χ4n) is 1.73. The van der Waals surface area contributed by atoms with Gasteiger partial charge in [0.25, 0.3) is 0 Å². The molecule has 1 aliphatic carbocycles. The van der Waals surface area contributed by atoms with Crippen molar-refractivity contribution in [2.24, 2.45) is 0 Å². The first-order valence-electron chi connectivity index (χ1n) is 4.78. The predicted octanol–water partition coefficient (Wildman–Crippen LogP) is 3.59. The van der Waals surface area contributed by atoms with Gasteiger partial charge in [-0.25, -0.2) is 0 Å². The molecule has 1 aromatic carbocycles. The third-order valence-corrected chi connectivity index (χ3v) is 2.65. The first kappa shape index (κ1) is 8.31. The van der Waals surface area contributed by atoms with Crippen LogP contribution >= 0.6 is 0 Å². The second-order valence-electron chi connectivity index (χ2n) is 3.50. The Balaban J connectivity index is 2.31. The highest BCUT2D eigenvalue weighted by atomic mass is 14.2. The van der Waals surface area contributed by atoms with E-state index in [2.05, 4.69) is 43.8 Å². The largest absolute Gasteiger partial charge is 0.0956 e. The van der Waals surface area contributed by atoms with Gasteiger partial charge in [0.15, 0.2) is 0 Å². The molecule has 0 atom stereocenters. The highest BCUT2D eigenvalue weighted by Crippen LogP contribution is 2.29. The molecule has 1 aliphatic rings. The minimum Gasteiger partial charge on any atom is -0.0956 e. The van der Waals surface area contributed by atoms with E-state index < -0.39 is 0 Å². The SMILES string of the molecule is C=C(CC)C1=Cc2ccccc2C1. The van der Waals surface area contributed by atoms with E-state index in [4.69, 9.17) is 0 Å². The molecular formula is C13H14. The van der Waals surface area contributed by atoms with Crippen LogP contribution in [0.4, 0.5) is 0 Å². The molecule has 0 unspecified atom stereocenters. The summed E-state index contributed by atoms with van der Waals surface area (Å²) in [4.78, 5) is 0. The molecule has 0 saturated carbocycles. The molecule has 0 nitrogen and oxygen atoms in total. The molecule has 0 amide bonds. The van der Waals surface area contributed by atoms with Crippen molar-refractivity contribution in [1.82, 2.24) is 0 Å². The summed E-state index contributed by atoms with van der Waals surface area (Å²) in [5.41, 5.74) is 5.49. The van der Waals surface area contributed by atoms with E-state index in [1.165, 1.54) is 22.3 Å². The number of hydrogen-bond donors (Lipinski definition) is 0. The van der Waals surface area contributed by atoms with E-state index in [0.717, 1.165) is 12.8 Å². The number of hydrogen-bond acceptors (Lipinski definition) is 0. The van der Waals surface area contributed by atoms with Crippen molar-refractivity contribution >= 4 is 6.08 Å². The molecule has 0 aromatic heterocycles. The Morgan fingerprint density at radius 3 is 2.85 bits per heavy atom. The molecule has 13 heavy (non-hydrogen) atoms. The van der Waals surface area contributed by atoms with Gasteiger partial charge in [0.1, 0.15) is 0 Å². The van der Waals surface area contributed by atoms with Gasteiger partial charge in [0.2, 0.25) is 0 Å². The van der Waals surface area contributed by atoms with Crippen LogP contribution in [0, 0.1) is 0 Å². The summed E-state index contributed by atoms with van der Waals surface area (Å²) in [5, 5.41) is 0. The molecule has 0 N–H and O–H groups in total. The fourth-order valence-corrected chi connectivity index (χ4v) is 1.73. The maximum Gasteiger partial charge on any atom is -0.00171 e. The van der Waals surface area contributed by atoms with Crippen molar-refractivity contribution in [3.05, 3.63) is 53.1 Å². The summed E-state index contributed by atoms with van der Waals surface area (Å²) < 4.78 is 0. The average molecular weight is 170 g/mol. The van der Waals surface area contributed by atoms with Gasteiger partial charge < -0.3 is 0 Å². The van der Waals surface area contributed by atoms with E-state index >= 15 is 0 Å². The van der Waals surface area contributed by atoms with Gasteiger partial charge >= 0.3 is 0 Å². The minimum absolute atomic E-state index is 1.06. The molecule has 0 aliphatic heterocycles. The average Bonchev–Trinajstić information content (AvgIpc) is 2.59. The lowest BCUT2D eigenvalue weighted by atomic mass is 10.0. The van der Waals surface area contributed by atoms with Crippen molar-refractivity contribution < 1.29 is 0 Å². The van der Waals surface area contributed by atoms with E-state index in [1.807, 2.05) is 0 Å². The van der Waals surface area contributed by atoms with Crippen LogP contribution in [0.25, 0.3) is 6.08 Å². The third-order valence-electron chi connectivity index (χ3n) is 2.65. The highest BCUT2D eigenvalue weighted by molar-refractivity contribution is 5.67. The zero-order chi connectivity index (χ0) is 9.26. The number of allylic oxidation sites excluding steroid dienone is 2. The number of rotatable bonds is 2. The van der Waals surface area contributed by atoms with Crippen molar-refractivity contribution in [1.29, 1.82) is 0 Å². The van der Waals surface area contributed by atoms with Crippen molar-refractivity contribution in [3.8, 4) is 0 Å². The molecule has 1 aromatic rings. The Morgan fingerprint density at radius 1 is 1.38 bits per heavy atom. The second-order valence-corrected chi connectivity index (χ2v) is 3.50. The monoisotopic (exact) mass is 170 g/mol. The van der Waals surface area contributed by atoms with Crippen LogP contribution in [0.3, 0.4) is 0 Å². The Bertz CT molecular complexity index is 369. The lowest BCUT2D eigenvalue weighted by Crippen LogP contribution is -1.86. The van der Waals surface area contributed by atoms with E-state index in [1.54, 1.807) is 0 Å². The summed E-state index contributed by atoms with van der Waals surface area (Å²) >= 11 is 0. The van der Waals surface area contributed by atoms with Crippen LogP contribution in [-0.4, -0.2) is 0 Å². The normalized spacial score (nSPS) is 13.8. The zero-order valence-electron chi connectivity index (χ0n) is 8.01. The van der Waals surface area contributed by atoms with Gasteiger partial charge in [-0.15, -0.1) is 0 Å². The van der Waals surface area contributed by atoms with Crippen LogP contribution in [-0.2, 0) is 6.42 Å². The molecule has 2 rings (SSSR count). The van der Waals surface area contributed by atoms with Gasteiger partial charge in [0.05, 0.1) is 0 Å². The fraction of sp³-hybridized carbons (Fsp3) is 0.231. The molecule has 0 spiro atoms.